The highest BCUT2D eigenvalue weighted by molar-refractivity contribution is 9.10. The summed E-state index contributed by atoms with van der Waals surface area (Å²) >= 11 is 4.29. The number of sulfonamides is 1. The third-order valence-electron chi connectivity index (χ3n) is 3.08. The highest BCUT2D eigenvalue weighted by Crippen LogP contribution is 2.32. The molecule has 1 saturated heterocycles. The van der Waals surface area contributed by atoms with Crippen molar-refractivity contribution in [2.24, 2.45) is 0 Å². The molecular formula is C10H15BrN2O2S2. The van der Waals surface area contributed by atoms with Crippen LogP contribution >= 0.6 is 27.5 Å². The standard InChI is InChI=1S/C10H15BrN2O2S2/c1-2-8-5-3-4-6-13(8)17(14,15)10-9(11)7-12-16-10/h7-8H,2-6H2,1H3. The first kappa shape index (κ1) is 13.5. The van der Waals surface area contributed by atoms with Crippen LogP contribution in [0.2, 0.25) is 0 Å². The monoisotopic (exact) mass is 338 g/mol. The van der Waals surface area contributed by atoms with Gasteiger partial charge in [-0.1, -0.05) is 13.3 Å². The van der Waals surface area contributed by atoms with Crippen molar-refractivity contribution in [3.63, 3.8) is 0 Å². The first-order valence-electron chi connectivity index (χ1n) is 5.69. The number of piperidine rings is 1. The van der Waals surface area contributed by atoms with Gasteiger partial charge in [0.05, 0.1) is 10.7 Å². The molecule has 0 bridgehead atoms. The zero-order chi connectivity index (χ0) is 12.5. The minimum atomic E-state index is -3.37. The molecule has 0 N–H and O–H groups in total. The summed E-state index contributed by atoms with van der Waals surface area (Å²) in [5.74, 6) is 0. The Kier molecular flexibility index (Phi) is 4.22. The van der Waals surface area contributed by atoms with Crippen LogP contribution in [0.15, 0.2) is 14.9 Å². The Labute approximate surface area is 114 Å². The largest absolute Gasteiger partial charge is 0.255 e. The molecule has 0 spiro atoms. The van der Waals surface area contributed by atoms with E-state index in [1.807, 2.05) is 6.92 Å². The van der Waals surface area contributed by atoms with Gasteiger partial charge in [0, 0.05) is 12.6 Å². The van der Waals surface area contributed by atoms with Gasteiger partial charge in [-0.3, -0.25) is 0 Å². The van der Waals surface area contributed by atoms with E-state index in [-0.39, 0.29) is 6.04 Å². The van der Waals surface area contributed by atoms with E-state index in [1.54, 1.807) is 10.5 Å². The molecule has 1 aliphatic heterocycles. The molecule has 1 fully saturated rings. The Morgan fingerprint density at radius 2 is 2.35 bits per heavy atom. The highest BCUT2D eigenvalue weighted by Gasteiger charge is 2.34. The summed E-state index contributed by atoms with van der Waals surface area (Å²) in [4.78, 5) is 0. The smallest absolute Gasteiger partial charge is 0.206 e. The van der Waals surface area contributed by atoms with Crippen LogP contribution in [0, 0.1) is 0 Å². The molecule has 2 heterocycles. The van der Waals surface area contributed by atoms with Crippen LogP contribution in [0.5, 0.6) is 0 Å². The van der Waals surface area contributed by atoms with Crippen molar-refractivity contribution in [2.75, 3.05) is 6.54 Å². The van der Waals surface area contributed by atoms with Crippen molar-refractivity contribution in [3.05, 3.63) is 10.7 Å². The third-order valence-corrected chi connectivity index (χ3v) is 7.45. The maximum absolute atomic E-state index is 12.5. The maximum atomic E-state index is 12.5. The van der Waals surface area contributed by atoms with E-state index in [0.29, 0.717) is 15.2 Å². The molecule has 1 aromatic rings. The molecule has 0 saturated carbocycles. The molecule has 1 atom stereocenters. The molecule has 4 nitrogen and oxygen atoms in total. The molecule has 0 aliphatic carbocycles. The van der Waals surface area contributed by atoms with Gasteiger partial charge >= 0.3 is 0 Å². The Morgan fingerprint density at radius 1 is 1.59 bits per heavy atom. The number of hydrogen-bond acceptors (Lipinski definition) is 4. The zero-order valence-corrected chi connectivity index (χ0v) is 12.8. The average Bonchev–Trinajstić information content (AvgIpc) is 2.76. The topological polar surface area (TPSA) is 50.3 Å². The minimum absolute atomic E-state index is 0.141. The van der Waals surface area contributed by atoms with Crippen LogP contribution in [0.25, 0.3) is 0 Å². The molecule has 17 heavy (non-hydrogen) atoms. The van der Waals surface area contributed by atoms with Crippen LogP contribution in [-0.2, 0) is 10.0 Å². The Balaban J connectivity index is 2.34. The molecule has 0 amide bonds. The number of nitrogens with zero attached hydrogens (tertiary/aromatic N) is 2. The number of rotatable bonds is 3. The molecule has 1 aliphatic rings. The second kappa shape index (κ2) is 5.34. The van der Waals surface area contributed by atoms with Crippen molar-refractivity contribution < 1.29 is 8.42 Å². The van der Waals surface area contributed by atoms with Crippen molar-refractivity contribution in [2.45, 2.75) is 42.9 Å². The fraction of sp³-hybridized carbons (Fsp3) is 0.700. The van der Waals surface area contributed by atoms with E-state index in [0.717, 1.165) is 37.2 Å². The van der Waals surface area contributed by atoms with Crippen molar-refractivity contribution in [3.8, 4) is 0 Å². The first-order valence-corrected chi connectivity index (χ1v) is 8.70. The first-order chi connectivity index (χ1) is 8.07. The summed E-state index contributed by atoms with van der Waals surface area (Å²) in [6.45, 7) is 2.67. The van der Waals surface area contributed by atoms with E-state index in [1.165, 1.54) is 0 Å². The van der Waals surface area contributed by atoms with E-state index in [9.17, 15) is 8.42 Å². The summed E-state index contributed by atoms with van der Waals surface area (Å²) < 4.78 is 31.5. The average molecular weight is 339 g/mol. The molecule has 1 unspecified atom stereocenters. The van der Waals surface area contributed by atoms with Crippen LogP contribution in [0.4, 0.5) is 0 Å². The SMILES string of the molecule is CCC1CCCCN1S(=O)(=O)c1sncc1Br. The van der Waals surface area contributed by atoms with Crippen LogP contribution in [0.1, 0.15) is 32.6 Å². The van der Waals surface area contributed by atoms with Gasteiger partial charge in [0.15, 0.2) is 4.21 Å². The molecule has 1 aromatic heterocycles. The molecule has 0 aromatic carbocycles. The molecule has 0 radical (unpaired) electrons. The molecule has 2 rings (SSSR count). The van der Waals surface area contributed by atoms with Gasteiger partial charge in [0.25, 0.3) is 10.0 Å². The van der Waals surface area contributed by atoms with E-state index < -0.39 is 10.0 Å². The fourth-order valence-corrected chi connectivity index (χ4v) is 5.98. The predicted molar refractivity (Wildman–Crippen MR) is 71.6 cm³/mol. The quantitative estimate of drug-likeness (QED) is 0.851. The van der Waals surface area contributed by atoms with Crippen molar-refractivity contribution in [1.29, 1.82) is 0 Å². The second-order valence-corrected chi connectivity index (χ2v) is 7.88. The Morgan fingerprint density at radius 3 is 2.94 bits per heavy atom. The third kappa shape index (κ3) is 2.57. The summed E-state index contributed by atoms with van der Waals surface area (Å²) in [7, 11) is -3.37. The molecule has 96 valence electrons. The van der Waals surface area contributed by atoms with Gasteiger partial charge in [0.1, 0.15) is 0 Å². The number of hydrogen-bond donors (Lipinski definition) is 0. The Hall–Kier alpha value is 0.0200. The van der Waals surface area contributed by atoms with Gasteiger partial charge in [-0.2, -0.15) is 8.68 Å². The lowest BCUT2D eigenvalue weighted by molar-refractivity contribution is 0.247. The zero-order valence-electron chi connectivity index (χ0n) is 9.60. The van der Waals surface area contributed by atoms with E-state index in [2.05, 4.69) is 20.3 Å². The van der Waals surface area contributed by atoms with Crippen LogP contribution in [0.3, 0.4) is 0 Å². The van der Waals surface area contributed by atoms with Gasteiger partial charge in [-0.25, -0.2) is 8.42 Å². The highest BCUT2D eigenvalue weighted by atomic mass is 79.9. The van der Waals surface area contributed by atoms with Crippen LogP contribution < -0.4 is 0 Å². The predicted octanol–water partition coefficient (Wildman–Crippen LogP) is 2.86. The van der Waals surface area contributed by atoms with Gasteiger partial charge in [-0.05, 0) is 46.7 Å². The van der Waals surface area contributed by atoms with Crippen LogP contribution in [-0.4, -0.2) is 29.7 Å². The molecule has 7 heteroatoms. The van der Waals surface area contributed by atoms with Gasteiger partial charge in [-0.15, -0.1) is 0 Å². The van der Waals surface area contributed by atoms with Gasteiger partial charge < -0.3 is 0 Å². The fourth-order valence-electron chi connectivity index (χ4n) is 2.19. The second-order valence-electron chi connectivity index (χ2n) is 4.13. The summed E-state index contributed by atoms with van der Waals surface area (Å²) in [6, 6.07) is 0.141. The van der Waals surface area contributed by atoms with Crippen molar-refractivity contribution in [1.82, 2.24) is 8.68 Å². The summed E-state index contributed by atoms with van der Waals surface area (Å²) in [5.41, 5.74) is 0. The van der Waals surface area contributed by atoms with E-state index >= 15 is 0 Å². The molecular weight excluding hydrogens is 324 g/mol. The van der Waals surface area contributed by atoms with Crippen molar-refractivity contribution >= 4 is 37.5 Å². The number of halogens is 1. The lowest BCUT2D eigenvalue weighted by atomic mass is 10.0. The Bertz CT molecular complexity index is 486. The normalized spacial score (nSPS) is 22.8. The number of aromatic nitrogens is 1. The lowest BCUT2D eigenvalue weighted by Gasteiger charge is -2.33. The summed E-state index contributed by atoms with van der Waals surface area (Å²) in [5, 5.41) is 0. The van der Waals surface area contributed by atoms with E-state index in [4.69, 9.17) is 0 Å². The lowest BCUT2D eigenvalue weighted by Crippen LogP contribution is -2.43. The van der Waals surface area contributed by atoms with Gasteiger partial charge in [0.2, 0.25) is 0 Å². The maximum Gasteiger partial charge on any atom is 0.255 e. The minimum Gasteiger partial charge on any atom is -0.206 e. The summed E-state index contributed by atoms with van der Waals surface area (Å²) in [6.07, 6.45) is 5.45.